The molecule has 0 atom stereocenters. The lowest BCUT2D eigenvalue weighted by Crippen LogP contribution is -2.39. The average molecular weight is 376 g/mol. The van der Waals surface area contributed by atoms with Gasteiger partial charge in [0.2, 0.25) is 0 Å². The van der Waals surface area contributed by atoms with Gasteiger partial charge in [-0.15, -0.1) is 0 Å². The number of amides is 1. The predicted octanol–water partition coefficient (Wildman–Crippen LogP) is 5.40. The van der Waals surface area contributed by atoms with Crippen LogP contribution in [-0.4, -0.2) is 27.8 Å². The minimum absolute atomic E-state index is 0.0742. The molecule has 3 nitrogen and oxygen atoms in total. The maximum absolute atomic E-state index is 12.8. The molecule has 25 heavy (non-hydrogen) atoms. The highest BCUT2D eigenvalue weighted by molar-refractivity contribution is 8.26. The zero-order chi connectivity index (χ0) is 17.6. The van der Waals surface area contributed by atoms with Gasteiger partial charge < -0.3 is 4.74 Å². The number of thioether (sulfide) groups is 1. The summed E-state index contributed by atoms with van der Waals surface area (Å²) < 4.78 is 6.39. The van der Waals surface area contributed by atoms with Crippen LogP contribution >= 0.6 is 24.0 Å². The van der Waals surface area contributed by atoms with Gasteiger partial charge in [0.15, 0.2) is 0 Å². The van der Waals surface area contributed by atoms with E-state index in [1.54, 1.807) is 0 Å². The number of carbonyl (C=O) groups excluding carboxylic acids is 1. The molecular formula is C20H25NO2S2. The molecule has 1 aliphatic carbocycles. The molecule has 5 heteroatoms. The van der Waals surface area contributed by atoms with Crippen LogP contribution in [0.3, 0.4) is 0 Å². The maximum atomic E-state index is 12.8. The molecule has 2 fully saturated rings. The summed E-state index contributed by atoms with van der Waals surface area (Å²) >= 11 is 6.91. The minimum atomic E-state index is 0.0742. The SMILES string of the molecule is CCCCOc1ccc(/C=C2/SC(=S)N(C3CCCCC3)C2=O)cc1. The molecule has 1 saturated heterocycles. The first kappa shape index (κ1) is 18.5. The second kappa shape index (κ2) is 8.86. The normalized spacial score (nSPS) is 20.5. The quantitative estimate of drug-likeness (QED) is 0.378. The number of benzene rings is 1. The van der Waals surface area contributed by atoms with Crippen LogP contribution in [0.2, 0.25) is 0 Å². The molecule has 0 aromatic heterocycles. The van der Waals surface area contributed by atoms with Crippen molar-refractivity contribution in [3.8, 4) is 5.75 Å². The van der Waals surface area contributed by atoms with Gasteiger partial charge in [0.1, 0.15) is 10.1 Å². The number of nitrogens with zero attached hydrogens (tertiary/aromatic N) is 1. The third kappa shape index (κ3) is 4.64. The largest absolute Gasteiger partial charge is 0.494 e. The van der Waals surface area contributed by atoms with Crippen molar-refractivity contribution in [2.24, 2.45) is 0 Å². The van der Waals surface area contributed by atoms with E-state index in [-0.39, 0.29) is 5.91 Å². The molecule has 0 N–H and O–H groups in total. The second-order valence-electron chi connectivity index (χ2n) is 6.61. The number of hydrogen-bond donors (Lipinski definition) is 0. The molecule has 0 radical (unpaired) electrons. The summed E-state index contributed by atoms with van der Waals surface area (Å²) in [4.78, 5) is 15.4. The zero-order valence-electron chi connectivity index (χ0n) is 14.7. The summed E-state index contributed by atoms with van der Waals surface area (Å²) in [6.45, 7) is 2.89. The summed E-state index contributed by atoms with van der Waals surface area (Å²) in [7, 11) is 0. The van der Waals surface area contributed by atoms with Gasteiger partial charge >= 0.3 is 0 Å². The lowest BCUT2D eigenvalue weighted by molar-refractivity contribution is -0.124. The van der Waals surface area contributed by atoms with Crippen molar-refractivity contribution in [2.45, 2.75) is 57.9 Å². The van der Waals surface area contributed by atoms with Crippen LogP contribution in [0.25, 0.3) is 6.08 Å². The summed E-state index contributed by atoms with van der Waals surface area (Å²) in [5, 5.41) is 0. The smallest absolute Gasteiger partial charge is 0.266 e. The van der Waals surface area contributed by atoms with Crippen molar-refractivity contribution < 1.29 is 9.53 Å². The van der Waals surface area contributed by atoms with Crippen molar-refractivity contribution in [1.29, 1.82) is 0 Å². The summed E-state index contributed by atoms with van der Waals surface area (Å²) in [5.74, 6) is 0.950. The van der Waals surface area contributed by atoms with E-state index in [1.807, 2.05) is 35.2 Å². The average Bonchev–Trinajstić information content (AvgIpc) is 2.91. The van der Waals surface area contributed by atoms with Crippen LogP contribution in [0.15, 0.2) is 29.2 Å². The Balaban J connectivity index is 1.67. The van der Waals surface area contributed by atoms with E-state index in [0.717, 1.165) is 48.5 Å². The maximum Gasteiger partial charge on any atom is 0.266 e. The molecule has 1 aliphatic heterocycles. The first-order chi connectivity index (χ1) is 12.2. The van der Waals surface area contributed by atoms with Gasteiger partial charge in [-0.05, 0) is 43.0 Å². The predicted molar refractivity (Wildman–Crippen MR) is 109 cm³/mol. The standard InChI is InChI=1S/C20H25NO2S2/c1-2-3-13-23-17-11-9-15(10-12-17)14-18-19(22)21(20(24)25-18)16-7-5-4-6-8-16/h9-12,14,16H,2-8,13H2,1H3/b18-14+. The number of carbonyl (C=O) groups is 1. The van der Waals surface area contributed by atoms with E-state index in [1.165, 1.54) is 31.0 Å². The van der Waals surface area contributed by atoms with Crippen LogP contribution in [0.4, 0.5) is 0 Å². The number of ether oxygens (including phenoxy) is 1. The van der Waals surface area contributed by atoms with Crippen molar-refractivity contribution in [1.82, 2.24) is 4.90 Å². The summed E-state index contributed by atoms with van der Waals surface area (Å²) in [6, 6.07) is 8.21. The van der Waals surface area contributed by atoms with Gasteiger partial charge in [-0.3, -0.25) is 9.69 Å². The van der Waals surface area contributed by atoms with Gasteiger partial charge in [0, 0.05) is 6.04 Å². The molecule has 1 amide bonds. The fourth-order valence-corrected chi connectivity index (χ4v) is 4.68. The van der Waals surface area contributed by atoms with Crippen molar-refractivity contribution in [3.63, 3.8) is 0 Å². The molecule has 1 heterocycles. The molecule has 134 valence electrons. The van der Waals surface area contributed by atoms with Gasteiger partial charge in [0.25, 0.3) is 5.91 Å². The van der Waals surface area contributed by atoms with Gasteiger partial charge in [-0.2, -0.15) is 0 Å². The van der Waals surface area contributed by atoms with E-state index in [0.29, 0.717) is 10.4 Å². The minimum Gasteiger partial charge on any atom is -0.494 e. The van der Waals surface area contributed by atoms with Crippen LogP contribution < -0.4 is 4.74 Å². The third-order valence-electron chi connectivity index (χ3n) is 4.71. The summed E-state index contributed by atoms with van der Waals surface area (Å²) in [5.41, 5.74) is 1.01. The highest BCUT2D eigenvalue weighted by atomic mass is 32.2. The first-order valence-corrected chi connectivity index (χ1v) is 10.4. The van der Waals surface area contributed by atoms with Crippen molar-refractivity contribution in [3.05, 3.63) is 34.7 Å². The van der Waals surface area contributed by atoms with E-state index in [2.05, 4.69) is 6.92 Å². The van der Waals surface area contributed by atoms with E-state index in [4.69, 9.17) is 17.0 Å². The molecule has 1 saturated carbocycles. The zero-order valence-corrected chi connectivity index (χ0v) is 16.3. The number of thiocarbonyl (C=S) groups is 1. The molecule has 0 bridgehead atoms. The van der Waals surface area contributed by atoms with Crippen molar-refractivity contribution in [2.75, 3.05) is 6.61 Å². The second-order valence-corrected chi connectivity index (χ2v) is 8.29. The number of hydrogen-bond acceptors (Lipinski definition) is 4. The van der Waals surface area contributed by atoms with Crippen LogP contribution in [0.1, 0.15) is 57.4 Å². The molecule has 0 spiro atoms. The van der Waals surface area contributed by atoms with Gasteiger partial charge in [-0.25, -0.2) is 0 Å². The molecule has 2 aliphatic rings. The Bertz CT molecular complexity index is 648. The Labute approximate surface area is 159 Å². The van der Waals surface area contributed by atoms with Gasteiger partial charge in [-0.1, -0.05) is 68.7 Å². The number of unbranched alkanes of at least 4 members (excludes halogenated alkanes) is 1. The first-order valence-electron chi connectivity index (χ1n) is 9.19. The highest BCUT2D eigenvalue weighted by Gasteiger charge is 2.37. The van der Waals surface area contributed by atoms with Crippen LogP contribution in [0, 0.1) is 0 Å². The molecule has 3 rings (SSSR count). The Kier molecular flexibility index (Phi) is 6.54. The molecule has 1 aromatic carbocycles. The van der Waals surface area contributed by atoms with E-state index in [9.17, 15) is 4.79 Å². The Hall–Kier alpha value is -1.33. The molecular weight excluding hydrogens is 350 g/mol. The highest BCUT2D eigenvalue weighted by Crippen LogP contribution is 2.37. The fourth-order valence-electron chi connectivity index (χ4n) is 3.28. The monoisotopic (exact) mass is 375 g/mol. The Morgan fingerprint density at radius 2 is 1.96 bits per heavy atom. The summed E-state index contributed by atoms with van der Waals surface area (Å²) in [6.07, 6.45) is 9.94. The van der Waals surface area contributed by atoms with E-state index < -0.39 is 0 Å². The third-order valence-corrected chi connectivity index (χ3v) is 6.04. The molecule has 0 unspecified atom stereocenters. The van der Waals surface area contributed by atoms with Crippen LogP contribution in [0.5, 0.6) is 5.75 Å². The van der Waals surface area contributed by atoms with E-state index >= 15 is 0 Å². The van der Waals surface area contributed by atoms with Gasteiger partial charge in [0.05, 0.1) is 11.5 Å². The van der Waals surface area contributed by atoms with Crippen molar-refractivity contribution >= 4 is 40.3 Å². The lowest BCUT2D eigenvalue weighted by Gasteiger charge is -2.29. The Morgan fingerprint density at radius 1 is 1.24 bits per heavy atom. The lowest BCUT2D eigenvalue weighted by atomic mass is 9.94. The number of rotatable bonds is 6. The fraction of sp³-hybridized carbons (Fsp3) is 0.500. The topological polar surface area (TPSA) is 29.5 Å². The Morgan fingerprint density at radius 3 is 2.64 bits per heavy atom. The van der Waals surface area contributed by atoms with Crippen LogP contribution in [-0.2, 0) is 4.79 Å². The molecule has 1 aromatic rings.